The predicted molar refractivity (Wildman–Crippen MR) is 202 cm³/mol. The Hall–Kier alpha value is -6.80. The number of rotatable bonds is 6. The summed E-state index contributed by atoms with van der Waals surface area (Å²) in [6.45, 7) is 3.00. The number of piperazine rings is 2. The van der Waals surface area contributed by atoms with Crippen LogP contribution in [0.2, 0.25) is 0 Å². The van der Waals surface area contributed by atoms with Crippen LogP contribution in [0.4, 0.5) is 21.0 Å². The fraction of sp³-hybridized carbons (Fsp3) is 0.300. The normalized spacial score (nSPS) is 13.8. The number of carbonyl (C=O) groups excluding carboxylic acids is 6. The van der Waals surface area contributed by atoms with Gasteiger partial charge >= 0.3 is 12.1 Å². The number of hydrogen-bond donors (Lipinski definition) is 2. The van der Waals surface area contributed by atoms with E-state index in [9.17, 15) is 28.8 Å². The van der Waals surface area contributed by atoms with Gasteiger partial charge in [0.15, 0.2) is 0 Å². The zero-order valence-corrected chi connectivity index (χ0v) is 30.3. The number of Topliss-reactive ketones (excluding diaryl/α,β-unsaturated/α-hetero) is 2. The Kier molecular flexibility index (Phi) is 12.5. The van der Waals surface area contributed by atoms with E-state index in [1.165, 1.54) is 21.9 Å². The Labute approximate surface area is 314 Å². The lowest BCUT2D eigenvalue weighted by Gasteiger charge is -2.36. The van der Waals surface area contributed by atoms with E-state index in [-0.39, 0.29) is 49.4 Å². The highest BCUT2D eigenvalue weighted by molar-refractivity contribution is 6.21. The maximum atomic E-state index is 13.1. The molecule has 14 nitrogen and oxygen atoms in total. The Morgan fingerprint density at radius 1 is 0.500 bits per heavy atom. The summed E-state index contributed by atoms with van der Waals surface area (Å²) in [5, 5.41) is 0. The summed E-state index contributed by atoms with van der Waals surface area (Å²) in [6, 6.07) is 20.1. The van der Waals surface area contributed by atoms with Crippen molar-refractivity contribution in [1.82, 2.24) is 29.4 Å². The van der Waals surface area contributed by atoms with Gasteiger partial charge in [-0.2, -0.15) is 0 Å². The summed E-state index contributed by atoms with van der Waals surface area (Å²) in [4.78, 5) is 87.1. The molecule has 0 radical (unpaired) electrons. The largest absolute Gasteiger partial charge is 0.399 e. The number of carbonyl (C=O) groups is 6. The van der Waals surface area contributed by atoms with Gasteiger partial charge in [-0.15, -0.1) is 0 Å². The van der Waals surface area contributed by atoms with Crippen LogP contribution in [0.1, 0.15) is 31.8 Å². The molecule has 0 bridgehead atoms. The van der Waals surface area contributed by atoms with Crippen LogP contribution in [0.25, 0.3) is 0 Å². The number of amides is 6. The number of nitrogens with zero attached hydrogens (tertiary/aromatic N) is 6. The number of nitrogens with two attached hydrogens (primary N) is 2. The summed E-state index contributed by atoms with van der Waals surface area (Å²) in [5.74, 6) is 6.75. The molecule has 3 aromatic rings. The van der Waals surface area contributed by atoms with Crippen LogP contribution >= 0.6 is 0 Å². The molecule has 0 saturated carbocycles. The second-order valence-electron chi connectivity index (χ2n) is 13.0. The van der Waals surface area contributed by atoms with E-state index >= 15 is 0 Å². The minimum atomic E-state index is -0.749. The smallest absolute Gasteiger partial charge is 0.320 e. The van der Waals surface area contributed by atoms with E-state index < -0.39 is 23.4 Å². The predicted octanol–water partition coefficient (Wildman–Crippen LogP) is 2.02. The van der Waals surface area contributed by atoms with E-state index in [0.29, 0.717) is 50.6 Å². The number of benzene rings is 3. The first-order valence-corrected chi connectivity index (χ1v) is 17.4. The summed E-state index contributed by atoms with van der Waals surface area (Å²) < 4.78 is 0. The second kappa shape index (κ2) is 17.6. The average Bonchev–Trinajstić information content (AvgIpc) is 3.19. The lowest BCUT2D eigenvalue weighted by atomic mass is 10.0. The number of anilines is 2. The highest BCUT2D eigenvalue weighted by Crippen LogP contribution is 2.14. The minimum absolute atomic E-state index is 0.0423. The summed E-state index contributed by atoms with van der Waals surface area (Å²) >= 11 is 0. The molecule has 2 saturated heterocycles. The molecule has 0 spiro atoms. The van der Waals surface area contributed by atoms with E-state index in [1.807, 2.05) is 24.3 Å². The van der Waals surface area contributed by atoms with Gasteiger partial charge in [-0.1, -0.05) is 36.4 Å². The average molecular weight is 731 g/mol. The molecular weight excluding hydrogens is 688 g/mol. The van der Waals surface area contributed by atoms with Crippen molar-refractivity contribution in [2.75, 3.05) is 77.9 Å². The maximum absolute atomic E-state index is 13.1. The Bertz CT molecular complexity index is 1880. The SMILES string of the molecule is CN(Cc1ccc(N)cc1)C(=O)N1CCN(C(=O)C#CC(=O)c2ccccc2C(=O)C#CC(=O)N2CCN(C(=O)N(C)Cc3ccc(N)cc3)CC2)CC1. The van der Waals surface area contributed by atoms with Crippen LogP contribution in [0.5, 0.6) is 0 Å². The van der Waals surface area contributed by atoms with Crippen molar-refractivity contribution in [3.05, 3.63) is 95.1 Å². The molecule has 0 aromatic heterocycles. The van der Waals surface area contributed by atoms with Crippen molar-refractivity contribution >= 4 is 46.8 Å². The van der Waals surface area contributed by atoms with Crippen LogP contribution in [0.15, 0.2) is 72.8 Å². The number of ketones is 2. The second-order valence-corrected chi connectivity index (χ2v) is 13.0. The summed E-state index contributed by atoms with van der Waals surface area (Å²) in [7, 11) is 3.41. The van der Waals surface area contributed by atoms with Crippen LogP contribution in [-0.2, 0) is 22.7 Å². The molecule has 0 unspecified atom stereocenters. The number of nitrogen functional groups attached to an aromatic ring is 2. The zero-order valence-electron chi connectivity index (χ0n) is 30.3. The first kappa shape index (κ1) is 38.4. The Morgan fingerprint density at radius 3 is 1.15 bits per heavy atom. The highest BCUT2D eigenvalue weighted by Gasteiger charge is 2.27. The molecule has 4 N–H and O–H groups in total. The van der Waals surface area contributed by atoms with Crippen molar-refractivity contribution < 1.29 is 28.8 Å². The van der Waals surface area contributed by atoms with Gasteiger partial charge in [0.2, 0.25) is 11.6 Å². The molecule has 2 aliphatic rings. The molecule has 2 aliphatic heterocycles. The lowest BCUT2D eigenvalue weighted by molar-refractivity contribution is -0.127. The van der Waals surface area contributed by atoms with Gasteiger partial charge in [0.05, 0.1) is 0 Å². The van der Waals surface area contributed by atoms with Crippen molar-refractivity contribution in [3.63, 3.8) is 0 Å². The maximum Gasteiger partial charge on any atom is 0.320 e. The van der Waals surface area contributed by atoms with E-state index in [1.54, 1.807) is 70.1 Å². The fourth-order valence-electron chi connectivity index (χ4n) is 6.01. The van der Waals surface area contributed by atoms with Crippen LogP contribution in [0, 0.1) is 23.7 Å². The molecule has 3 aromatic carbocycles. The van der Waals surface area contributed by atoms with Gasteiger partial charge in [0.1, 0.15) is 0 Å². The van der Waals surface area contributed by atoms with Gasteiger partial charge < -0.3 is 40.9 Å². The molecule has 278 valence electrons. The van der Waals surface area contributed by atoms with E-state index in [0.717, 1.165) is 11.1 Å². The Balaban J connectivity index is 1.10. The molecule has 0 atom stereocenters. The molecule has 2 heterocycles. The van der Waals surface area contributed by atoms with Crippen LogP contribution in [-0.4, -0.2) is 131 Å². The zero-order chi connectivity index (χ0) is 38.8. The highest BCUT2D eigenvalue weighted by atomic mass is 16.2. The third-order valence-corrected chi connectivity index (χ3v) is 9.11. The van der Waals surface area contributed by atoms with Crippen molar-refractivity contribution in [1.29, 1.82) is 0 Å². The quantitative estimate of drug-likeness (QED) is 0.168. The fourth-order valence-corrected chi connectivity index (χ4v) is 6.01. The van der Waals surface area contributed by atoms with Crippen molar-refractivity contribution in [3.8, 4) is 23.7 Å². The molecule has 2 fully saturated rings. The monoisotopic (exact) mass is 730 g/mol. The standard InChI is InChI=1S/C40H42N8O6/c1-43(27-29-7-11-31(41)12-8-29)39(53)47-23-19-45(20-24-47)37(51)17-15-35(49)33-5-3-4-6-34(33)36(50)16-18-38(52)46-21-25-48(26-22-46)40(54)44(2)28-30-9-13-32(42)14-10-30/h3-14H,19-28,41-42H2,1-2H3. The summed E-state index contributed by atoms with van der Waals surface area (Å²) in [5.41, 5.74) is 14.6. The number of urea groups is 2. The topological polar surface area (TPSA) is 174 Å². The van der Waals surface area contributed by atoms with Crippen LogP contribution in [0.3, 0.4) is 0 Å². The van der Waals surface area contributed by atoms with Crippen molar-refractivity contribution in [2.24, 2.45) is 0 Å². The Morgan fingerprint density at radius 2 is 0.815 bits per heavy atom. The van der Waals surface area contributed by atoms with E-state index in [4.69, 9.17) is 11.5 Å². The molecule has 6 amide bonds. The third kappa shape index (κ3) is 9.95. The third-order valence-electron chi connectivity index (χ3n) is 9.11. The van der Waals surface area contributed by atoms with Gasteiger partial charge in [-0.25, -0.2) is 9.59 Å². The molecule has 5 rings (SSSR count). The molecule has 14 heteroatoms. The lowest BCUT2D eigenvalue weighted by Crippen LogP contribution is -2.53. The first-order chi connectivity index (χ1) is 25.9. The molecular formula is C40H42N8O6. The van der Waals surface area contributed by atoms with E-state index in [2.05, 4.69) is 23.7 Å². The van der Waals surface area contributed by atoms with Gasteiger partial charge in [0.25, 0.3) is 11.8 Å². The number of hydrogen-bond acceptors (Lipinski definition) is 8. The molecule has 54 heavy (non-hydrogen) atoms. The van der Waals surface area contributed by atoms with Gasteiger partial charge in [0, 0.05) is 114 Å². The summed E-state index contributed by atoms with van der Waals surface area (Å²) in [6.07, 6.45) is 0. The van der Waals surface area contributed by atoms with Gasteiger partial charge in [-0.3, -0.25) is 19.2 Å². The van der Waals surface area contributed by atoms with Crippen molar-refractivity contribution in [2.45, 2.75) is 13.1 Å². The minimum Gasteiger partial charge on any atom is -0.399 e. The van der Waals surface area contributed by atoms with Crippen LogP contribution < -0.4 is 11.5 Å². The van der Waals surface area contributed by atoms with Gasteiger partial charge in [-0.05, 0) is 59.4 Å². The first-order valence-electron chi connectivity index (χ1n) is 17.4. The molecule has 0 aliphatic carbocycles.